The van der Waals surface area contributed by atoms with Gasteiger partial charge in [0.05, 0.1) is 11.5 Å². The molecule has 11 heteroatoms. The van der Waals surface area contributed by atoms with Crippen molar-refractivity contribution >= 4 is 21.5 Å². The number of aromatic nitrogens is 1. The summed E-state index contributed by atoms with van der Waals surface area (Å²) < 4.78 is 32.5. The lowest BCUT2D eigenvalue weighted by Crippen LogP contribution is -2.60. The van der Waals surface area contributed by atoms with Crippen LogP contribution in [0.3, 0.4) is 0 Å². The Kier molecular flexibility index (Phi) is 6.13. The van der Waals surface area contributed by atoms with Gasteiger partial charge in [-0.1, -0.05) is 6.07 Å². The van der Waals surface area contributed by atoms with Crippen molar-refractivity contribution in [2.75, 3.05) is 16.6 Å². The standard InChI is InChI=1S/C17H21N3O7S/c21-9-12-14(22)15(23)16(24)17(27-12)19-10-4-6-11(7-5-10)28(25,26)20-13-3-1-2-8-18-13/h1-8,12,14-17,19,21-24H,9H2,(H,18,20). The van der Waals surface area contributed by atoms with E-state index in [0.29, 0.717) is 5.69 Å². The van der Waals surface area contributed by atoms with Crippen molar-refractivity contribution in [2.24, 2.45) is 0 Å². The molecule has 0 amide bonds. The molecule has 2 heterocycles. The first kappa shape index (κ1) is 20.5. The monoisotopic (exact) mass is 411 g/mol. The van der Waals surface area contributed by atoms with Crippen LogP contribution in [0.1, 0.15) is 0 Å². The van der Waals surface area contributed by atoms with Gasteiger partial charge in [0, 0.05) is 11.9 Å². The van der Waals surface area contributed by atoms with E-state index in [0.717, 1.165) is 0 Å². The molecule has 0 spiro atoms. The van der Waals surface area contributed by atoms with Gasteiger partial charge in [0.1, 0.15) is 30.2 Å². The molecule has 2 aromatic rings. The number of hydrogen-bond acceptors (Lipinski definition) is 9. The van der Waals surface area contributed by atoms with E-state index in [1.807, 2.05) is 0 Å². The third-order valence-electron chi connectivity index (χ3n) is 4.27. The van der Waals surface area contributed by atoms with E-state index in [2.05, 4.69) is 15.0 Å². The summed E-state index contributed by atoms with van der Waals surface area (Å²) >= 11 is 0. The second-order valence-corrected chi connectivity index (χ2v) is 7.92. The topological polar surface area (TPSA) is 161 Å². The van der Waals surface area contributed by atoms with Gasteiger partial charge in [-0.15, -0.1) is 0 Å². The van der Waals surface area contributed by atoms with Crippen LogP contribution in [-0.2, 0) is 14.8 Å². The molecule has 1 saturated heterocycles. The molecular formula is C17H21N3O7S. The van der Waals surface area contributed by atoms with Gasteiger partial charge in [0.15, 0.2) is 6.23 Å². The maximum absolute atomic E-state index is 12.4. The molecule has 1 fully saturated rings. The summed E-state index contributed by atoms with van der Waals surface area (Å²) in [6.07, 6.45) is -5.10. The van der Waals surface area contributed by atoms with Crippen LogP contribution in [0.2, 0.25) is 0 Å². The van der Waals surface area contributed by atoms with Crippen molar-refractivity contribution in [3.8, 4) is 0 Å². The molecular weight excluding hydrogens is 390 g/mol. The molecule has 0 saturated carbocycles. The second kappa shape index (κ2) is 8.39. The molecule has 6 N–H and O–H groups in total. The highest BCUT2D eigenvalue weighted by Gasteiger charge is 2.43. The molecule has 152 valence electrons. The Hall–Kier alpha value is -2.28. The minimum Gasteiger partial charge on any atom is -0.394 e. The number of sulfonamides is 1. The Morgan fingerprint density at radius 1 is 1.00 bits per heavy atom. The van der Waals surface area contributed by atoms with Crippen molar-refractivity contribution in [2.45, 2.75) is 35.5 Å². The van der Waals surface area contributed by atoms with Gasteiger partial charge >= 0.3 is 0 Å². The number of aliphatic hydroxyl groups is 4. The number of aliphatic hydroxyl groups excluding tert-OH is 4. The van der Waals surface area contributed by atoms with Crippen LogP contribution >= 0.6 is 0 Å². The van der Waals surface area contributed by atoms with Crippen molar-refractivity contribution in [3.63, 3.8) is 0 Å². The Morgan fingerprint density at radius 3 is 2.32 bits per heavy atom. The summed E-state index contributed by atoms with van der Waals surface area (Å²) in [7, 11) is -3.83. The van der Waals surface area contributed by atoms with E-state index in [1.165, 1.54) is 36.5 Å². The van der Waals surface area contributed by atoms with E-state index < -0.39 is 47.3 Å². The average molecular weight is 411 g/mol. The summed E-state index contributed by atoms with van der Waals surface area (Å²) in [6, 6.07) is 10.4. The van der Waals surface area contributed by atoms with E-state index >= 15 is 0 Å². The van der Waals surface area contributed by atoms with Crippen LogP contribution in [-0.4, -0.2) is 71.1 Å². The fourth-order valence-electron chi connectivity index (χ4n) is 2.74. The molecule has 0 bridgehead atoms. The molecule has 10 nitrogen and oxygen atoms in total. The maximum Gasteiger partial charge on any atom is 0.263 e. The predicted octanol–water partition coefficient (Wildman–Crippen LogP) is -0.906. The SMILES string of the molecule is O=S(=O)(Nc1ccccn1)c1ccc(NC2OC(CO)C(O)C(O)C2O)cc1. The Balaban J connectivity index is 1.70. The first-order valence-corrected chi connectivity index (χ1v) is 9.91. The van der Waals surface area contributed by atoms with Crippen molar-refractivity contribution in [1.29, 1.82) is 0 Å². The molecule has 0 aliphatic carbocycles. The van der Waals surface area contributed by atoms with Crippen molar-refractivity contribution in [3.05, 3.63) is 48.7 Å². The van der Waals surface area contributed by atoms with Crippen LogP contribution in [0.4, 0.5) is 11.5 Å². The average Bonchev–Trinajstić information content (AvgIpc) is 2.69. The summed E-state index contributed by atoms with van der Waals surface area (Å²) in [5.41, 5.74) is 0.404. The lowest BCUT2D eigenvalue weighted by molar-refractivity contribution is -0.221. The zero-order valence-electron chi connectivity index (χ0n) is 14.6. The van der Waals surface area contributed by atoms with Crippen LogP contribution in [0.15, 0.2) is 53.6 Å². The van der Waals surface area contributed by atoms with Gasteiger partial charge in [0.2, 0.25) is 0 Å². The van der Waals surface area contributed by atoms with Crippen LogP contribution in [0, 0.1) is 0 Å². The number of benzene rings is 1. The fraction of sp³-hybridized carbons (Fsp3) is 0.353. The number of hydrogen-bond donors (Lipinski definition) is 6. The number of pyridine rings is 1. The molecule has 1 aliphatic rings. The van der Waals surface area contributed by atoms with E-state index in [-0.39, 0.29) is 10.7 Å². The highest BCUT2D eigenvalue weighted by molar-refractivity contribution is 7.92. The molecule has 5 unspecified atom stereocenters. The zero-order valence-corrected chi connectivity index (χ0v) is 15.4. The smallest absolute Gasteiger partial charge is 0.263 e. The molecule has 5 atom stereocenters. The summed E-state index contributed by atoms with van der Waals surface area (Å²) in [5.74, 6) is 0.186. The third kappa shape index (κ3) is 4.41. The van der Waals surface area contributed by atoms with Crippen molar-refractivity contribution in [1.82, 2.24) is 4.98 Å². The highest BCUT2D eigenvalue weighted by Crippen LogP contribution is 2.24. The lowest BCUT2D eigenvalue weighted by Gasteiger charge is -2.40. The van der Waals surface area contributed by atoms with Crippen LogP contribution < -0.4 is 10.0 Å². The van der Waals surface area contributed by atoms with Crippen molar-refractivity contribution < 1.29 is 33.6 Å². The number of nitrogens with one attached hydrogen (secondary N) is 2. The summed E-state index contributed by atoms with van der Waals surface area (Å²) in [4.78, 5) is 3.91. The number of nitrogens with zero attached hydrogens (tertiary/aromatic N) is 1. The zero-order chi connectivity index (χ0) is 20.3. The summed E-state index contributed by atoms with van der Waals surface area (Å²) in [6.45, 7) is -0.542. The van der Waals surface area contributed by atoms with Gasteiger partial charge in [0.25, 0.3) is 10.0 Å². The third-order valence-corrected chi connectivity index (χ3v) is 5.64. The number of ether oxygens (including phenoxy) is 1. The molecule has 0 radical (unpaired) electrons. The predicted molar refractivity (Wildman–Crippen MR) is 98.9 cm³/mol. The van der Waals surface area contributed by atoms with Gasteiger partial charge in [-0.25, -0.2) is 13.4 Å². The molecule has 1 aromatic heterocycles. The molecule has 3 rings (SSSR count). The Morgan fingerprint density at radius 2 is 1.71 bits per heavy atom. The number of anilines is 2. The molecule has 1 aliphatic heterocycles. The first-order chi connectivity index (χ1) is 13.3. The van der Waals surface area contributed by atoms with Gasteiger partial charge < -0.3 is 30.5 Å². The molecule has 28 heavy (non-hydrogen) atoms. The van der Waals surface area contributed by atoms with E-state index in [4.69, 9.17) is 4.74 Å². The molecule has 1 aromatic carbocycles. The minimum absolute atomic E-state index is 0.00231. The largest absolute Gasteiger partial charge is 0.394 e. The summed E-state index contributed by atoms with van der Waals surface area (Å²) in [5, 5.41) is 41.6. The second-order valence-electron chi connectivity index (χ2n) is 6.24. The number of rotatable bonds is 6. The highest BCUT2D eigenvalue weighted by atomic mass is 32.2. The normalized spacial score (nSPS) is 27.9. The van der Waals surface area contributed by atoms with E-state index in [9.17, 15) is 28.8 Å². The van der Waals surface area contributed by atoms with Gasteiger partial charge in [-0.3, -0.25) is 4.72 Å². The quantitative estimate of drug-likeness (QED) is 0.354. The Bertz CT molecular complexity index is 877. The Labute approximate surface area is 161 Å². The fourth-order valence-corrected chi connectivity index (χ4v) is 3.74. The van der Waals surface area contributed by atoms with Crippen LogP contribution in [0.25, 0.3) is 0 Å². The minimum atomic E-state index is -3.83. The van der Waals surface area contributed by atoms with Gasteiger partial charge in [-0.05, 0) is 36.4 Å². The van der Waals surface area contributed by atoms with Crippen LogP contribution in [0.5, 0.6) is 0 Å². The van der Waals surface area contributed by atoms with Gasteiger partial charge in [-0.2, -0.15) is 0 Å². The van der Waals surface area contributed by atoms with E-state index in [1.54, 1.807) is 12.1 Å². The first-order valence-electron chi connectivity index (χ1n) is 8.43. The lowest BCUT2D eigenvalue weighted by atomic mass is 9.98. The maximum atomic E-state index is 12.4.